The second-order valence-electron chi connectivity index (χ2n) is 5.76. The molecule has 2 rings (SSSR count). The van der Waals surface area contributed by atoms with Crippen molar-refractivity contribution in [1.29, 1.82) is 0 Å². The zero-order valence-corrected chi connectivity index (χ0v) is 13.1. The van der Waals surface area contributed by atoms with Gasteiger partial charge in [0.1, 0.15) is 6.33 Å². The Bertz CT molecular complexity index is 596. The summed E-state index contributed by atoms with van der Waals surface area (Å²) in [7, 11) is 1.87. The van der Waals surface area contributed by atoms with Crippen LogP contribution in [0, 0.1) is 0 Å². The highest BCUT2D eigenvalue weighted by molar-refractivity contribution is 7.99. The average molecular weight is 289 g/mol. The molecule has 0 fully saturated rings. The molecule has 106 valence electrons. The number of rotatable bonds is 4. The van der Waals surface area contributed by atoms with E-state index in [0.717, 1.165) is 10.7 Å². The molecule has 0 aliphatic heterocycles. The summed E-state index contributed by atoms with van der Waals surface area (Å²) in [5, 5.41) is 8.50. The Morgan fingerprint density at radius 3 is 2.40 bits per heavy atom. The number of hydrogen-bond donors (Lipinski definition) is 0. The van der Waals surface area contributed by atoms with E-state index in [1.807, 2.05) is 31.3 Å². The van der Waals surface area contributed by atoms with Crippen LogP contribution in [0.15, 0.2) is 35.7 Å². The summed E-state index contributed by atoms with van der Waals surface area (Å²) in [6, 6.07) is 7.86. The third-order valence-corrected chi connectivity index (χ3v) is 4.11. The van der Waals surface area contributed by atoms with Crippen molar-refractivity contribution >= 4 is 17.5 Å². The van der Waals surface area contributed by atoms with Gasteiger partial charge in [-0.1, -0.05) is 56.8 Å². The van der Waals surface area contributed by atoms with Crippen LogP contribution in [0.25, 0.3) is 0 Å². The normalized spacial score (nSPS) is 11.6. The number of ketones is 1. The molecule has 0 N–H and O–H groups in total. The molecule has 0 aliphatic rings. The van der Waals surface area contributed by atoms with Gasteiger partial charge in [-0.2, -0.15) is 0 Å². The Morgan fingerprint density at radius 1 is 1.25 bits per heavy atom. The fourth-order valence-corrected chi connectivity index (χ4v) is 2.56. The monoisotopic (exact) mass is 289 g/mol. The molecule has 2 aromatic rings. The predicted octanol–water partition coefficient (Wildman–Crippen LogP) is 3.09. The minimum atomic E-state index is 0.106. The van der Waals surface area contributed by atoms with Crippen LogP contribution >= 0.6 is 11.8 Å². The Labute approximate surface area is 123 Å². The van der Waals surface area contributed by atoms with E-state index in [4.69, 9.17) is 0 Å². The maximum absolute atomic E-state index is 12.1. The number of aryl methyl sites for hydroxylation is 1. The van der Waals surface area contributed by atoms with Gasteiger partial charge >= 0.3 is 0 Å². The lowest BCUT2D eigenvalue weighted by Gasteiger charge is -2.18. The third kappa shape index (κ3) is 3.48. The second-order valence-corrected chi connectivity index (χ2v) is 6.71. The van der Waals surface area contributed by atoms with E-state index in [9.17, 15) is 4.79 Å². The molecular formula is C15H19N3OS. The molecule has 0 saturated heterocycles. The first kappa shape index (κ1) is 14.8. The van der Waals surface area contributed by atoms with E-state index in [0.29, 0.717) is 5.75 Å². The minimum Gasteiger partial charge on any atom is -0.312 e. The van der Waals surface area contributed by atoms with Crippen molar-refractivity contribution in [3.63, 3.8) is 0 Å². The highest BCUT2D eigenvalue weighted by atomic mass is 32.2. The Morgan fingerprint density at radius 2 is 1.90 bits per heavy atom. The maximum Gasteiger partial charge on any atom is 0.191 e. The largest absolute Gasteiger partial charge is 0.312 e. The van der Waals surface area contributed by atoms with Gasteiger partial charge in [0, 0.05) is 12.6 Å². The molecule has 1 heterocycles. The summed E-state index contributed by atoms with van der Waals surface area (Å²) in [6.07, 6.45) is 1.63. The number of hydrogen-bond acceptors (Lipinski definition) is 4. The number of aromatic nitrogens is 3. The SMILES string of the molecule is Cn1cnnc1SCC(=O)c1ccc(C(C)(C)C)cc1. The molecule has 0 atom stereocenters. The second kappa shape index (κ2) is 5.79. The van der Waals surface area contributed by atoms with Crippen LogP contribution in [-0.2, 0) is 12.5 Å². The topological polar surface area (TPSA) is 47.8 Å². The summed E-state index contributed by atoms with van der Waals surface area (Å²) >= 11 is 1.41. The van der Waals surface area contributed by atoms with Crippen LogP contribution in [0.4, 0.5) is 0 Å². The fraction of sp³-hybridized carbons (Fsp3) is 0.400. The summed E-state index contributed by atoms with van der Waals surface area (Å²) in [6.45, 7) is 6.48. The van der Waals surface area contributed by atoms with Gasteiger partial charge in [0.05, 0.1) is 5.75 Å². The molecule has 0 saturated carbocycles. The summed E-state index contributed by atoms with van der Waals surface area (Å²) < 4.78 is 1.81. The predicted molar refractivity (Wildman–Crippen MR) is 81.2 cm³/mol. The van der Waals surface area contributed by atoms with Gasteiger partial charge in [-0.3, -0.25) is 4.79 Å². The van der Waals surface area contributed by atoms with Crippen molar-refractivity contribution in [3.05, 3.63) is 41.7 Å². The molecule has 1 aromatic carbocycles. The molecule has 0 radical (unpaired) electrons. The smallest absolute Gasteiger partial charge is 0.191 e. The van der Waals surface area contributed by atoms with Crippen molar-refractivity contribution in [2.75, 3.05) is 5.75 Å². The molecule has 20 heavy (non-hydrogen) atoms. The van der Waals surface area contributed by atoms with Gasteiger partial charge in [0.15, 0.2) is 10.9 Å². The van der Waals surface area contributed by atoms with E-state index in [2.05, 4.69) is 31.0 Å². The van der Waals surface area contributed by atoms with Crippen molar-refractivity contribution in [2.24, 2.45) is 7.05 Å². The van der Waals surface area contributed by atoms with Crippen LogP contribution in [0.2, 0.25) is 0 Å². The molecule has 0 unspecified atom stereocenters. The zero-order chi connectivity index (χ0) is 14.8. The summed E-state index contributed by atoms with van der Waals surface area (Å²) in [4.78, 5) is 12.1. The van der Waals surface area contributed by atoms with Gasteiger partial charge in [-0.25, -0.2) is 0 Å². The van der Waals surface area contributed by atoms with Crippen LogP contribution in [0.5, 0.6) is 0 Å². The number of carbonyl (C=O) groups excluding carboxylic acids is 1. The van der Waals surface area contributed by atoms with Crippen molar-refractivity contribution in [2.45, 2.75) is 31.3 Å². The van der Waals surface area contributed by atoms with E-state index in [-0.39, 0.29) is 11.2 Å². The van der Waals surface area contributed by atoms with E-state index in [1.54, 1.807) is 10.9 Å². The third-order valence-electron chi connectivity index (χ3n) is 3.08. The van der Waals surface area contributed by atoms with E-state index in [1.165, 1.54) is 17.3 Å². The molecule has 5 heteroatoms. The molecule has 0 spiro atoms. The maximum atomic E-state index is 12.1. The lowest BCUT2D eigenvalue weighted by molar-refractivity contribution is 0.102. The molecule has 1 aromatic heterocycles. The Kier molecular flexibility index (Phi) is 4.28. The Hall–Kier alpha value is -1.62. The molecule has 0 bridgehead atoms. The van der Waals surface area contributed by atoms with Gasteiger partial charge < -0.3 is 4.57 Å². The van der Waals surface area contributed by atoms with Gasteiger partial charge in [0.2, 0.25) is 0 Å². The zero-order valence-electron chi connectivity index (χ0n) is 12.3. The number of Topliss-reactive ketones (excluding diaryl/α,β-unsaturated/α-hetero) is 1. The molecule has 4 nitrogen and oxygen atoms in total. The average Bonchev–Trinajstić information content (AvgIpc) is 2.81. The Balaban J connectivity index is 2.01. The van der Waals surface area contributed by atoms with Crippen LogP contribution < -0.4 is 0 Å². The lowest BCUT2D eigenvalue weighted by Crippen LogP contribution is -2.11. The van der Waals surface area contributed by atoms with Crippen LogP contribution in [0.1, 0.15) is 36.7 Å². The highest BCUT2D eigenvalue weighted by Crippen LogP contribution is 2.23. The number of thioether (sulfide) groups is 1. The summed E-state index contributed by atoms with van der Waals surface area (Å²) in [5.41, 5.74) is 2.08. The highest BCUT2D eigenvalue weighted by Gasteiger charge is 2.14. The van der Waals surface area contributed by atoms with Gasteiger partial charge in [-0.05, 0) is 11.0 Å². The quantitative estimate of drug-likeness (QED) is 0.641. The lowest BCUT2D eigenvalue weighted by atomic mass is 9.86. The first-order valence-electron chi connectivity index (χ1n) is 6.48. The standard InChI is InChI=1S/C15H19N3OS/c1-15(2,3)12-7-5-11(6-8-12)13(19)9-20-14-17-16-10-18(14)4/h5-8,10H,9H2,1-4H3. The molecule has 0 aliphatic carbocycles. The van der Waals surface area contributed by atoms with Crippen molar-refractivity contribution in [1.82, 2.24) is 14.8 Å². The van der Waals surface area contributed by atoms with E-state index >= 15 is 0 Å². The molecular weight excluding hydrogens is 270 g/mol. The number of nitrogens with zero attached hydrogens (tertiary/aromatic N) is 3. The van der Waals surface area contributed by atoms with Gasteiger partial charge in [0.25, 0.3) is 0 Å². The molecule has 0 amide bonds. The number of benzene rings is 1. The van der Waals surface area contributed by atoms with Crippen molar-refractivity contribution < 1.29 is 4.79 Å². The fourth-order valence-electron chi connectivity index (χ4n) is 1.77. The van der Waals surface area contributed by atoms with Crippen LogP contribution in [-0.4, -0.2) is 26.3 Å². The first-order chi connectivity index (χ1) is 9.38. The van der Waals surface area contributed by atoms with E-state index < -0.39 is 0 Å². The number of carbonyl (C=O) groups is 1. The summed E-state index contributed by atoms with van der Waals surface area (Å²) in [5.74, 6) is 0.486. The minimum absolute atomic E-state index is 0.106. The van der Waals surface area contributed by atoms with Gasteiger partial charge in [-0.15, -0.1) is 10.2 Å². The first-order valence-corrected chi connectivity index (χ1v) is 7.47. The van der Waals surface area contributed by atoms with Crippen LogP contribution in [0.3, 0.4) is 0 Å². The van der Waals surface area contributed by atoms with Crippen molar-refractivity contribution in [3.8, 4) is 0 Å².